The Hall–Kier alpha value is -1.39. The van der Waals surface area contributed by atoms with Crippen LogP contribution in [0.4, 0.5) is 0 Å². The molecule has 3 N–H and O–H groups in total. The maximum Gasteiger partial charge on any atom is 0.223 e. The SMILES string of the molecule is CCC(C)C(C)(O)CNC(=O)CC(C)(O)c1ccccc1. The first-order chi connectivity index (χ1) is 9.69. The summed E-state index contributed by atoms with van der Waals surface area (Å²) in [5, 5.41) is 23.4. The maximum absolute atomic E-state index is 12.0. The molecule has 1 amide bonds. The molecule has 3 atom stereocenters. The lowest BCUT2D eigenvalue weighted by atomic mass is 9.88. The third-order valence-corrected chi connectivity index (χ3v) is 4.22. The van der Waals surface area contributed by atoms with Crippen molar-refractivity contribution in [1.82, 2.24) is 5.32 Å². The minimum Gasteiger partial charge on any atom is -0.388 e. The van der Waals surface area contributed by atoms with Crippen molar-refractivity contribution in [2.45, 2.75) is 51.7 Å². The molecule has 118 valence electrons. The summed E-state index contributed by atoms with van der Waals surface area (Å²) in [6.07, 6.45) is 0.804. The molecule has 0 radical (unpaired) electrons. The molecule has 0 bridgehead atoms. The third-order valence-electron chi connectivity index (χ3n) is 4.22. The van der Waals surface area contributed by atoms with Crippen LogP contribution in [0.5, 0.6) is 0 Å². The topological polar surface area (TPSA) is 69.6 Å². The van der Waals surface area contributed by atoms with E-state index in [4.69, 9.17) is 0 Å². The second-order valence-electron chi connectivity index (χ2n) is 6.26. The third kappa shape index (κ3) is 5.14. The molecule has 4 heteroatoms. The highest BCUT2D eigenvalue weighted by Gasteiger charge is 2.30. The molecule has 0 heterocycles. The molecule has 0 aliphatic heterocycles. The van der Waals surface area contributed by atoms with E-state index in [0.717, 1.165) is 6.42 Å². The molecule has 1 aromatic rings. The molecule has 0 aromatic heterocycles. The van der Waals surface area contributed by atoms with E-state index in [1.165, 1.54) is 0 Å². The van der Waals surface area contributed by atoms with Crippen molar-refractivity contribution >= 4 is 5.91 Å². The summed E-state index contributed by atoms with van der Waals surface area (Å²) in [5.41, 5.74) is -1.45. The number of carbonyl (C=O) groups excluding carboxylic acids is 1. The van der Waals surface area contributed by atoms with Crippen LogP contribution < -0.4 is 5.32 Å². The van der Waals surface area contributed by atoms with Crippen LogP contribution >= 0.6 is 0 Å². The fourth-order valence-corrected chi connectivity index (χ4v) is 2.17. The summed E-state index contributed by atoms with van der Waals surface area (Å²) in [7, 11) is 0. The van der Waals surface area contributed by atoms with Crippen LogP contribution in [0.15, 0.2) is 30.3 Å². The van der Waals surface area contributed by atoms with Crippen LogP contribution in [0.25, 0.3) is 0 Å². The Balaban J connectivity index is 2.58. The summed E-state index contributed by atoms with van der Waals surface area (Å²) < 4.78 is 0. The van der Waals surface area contributed by atoms with Crippen LogP contribution in [0.2, 0.25) is 0 Å². The second kappa shape index (κ2) is 7.05. The van der Waals surface area contributed by atoms with Gasteiger partial charge >= 0.3 is 0 Å². The van der Waals surface area contributed by atoms with Gasteiger partial charge in [0.2, 0.25) is 5.91 Å². The van der Waals surface area contributed by atoms with Crippen molar-refractivity contribution in [3.05, 3.63) is 35.9 Å². The van der Waals surface area contributed by atoms with Gasteiger partial charge in [0.1, 0.15) is 0 Å². The Labute approximate surface area is 127 Å². The number of rotatable bonds is 7. The Morgan fingerprint density at radius 1 is 1.24 bits per heavy atom. The molecule has 3 unspecified atom stereocenters. The minimum absolute atomic E-state index is 0.0341. The molecule has 0 aliphatic carbocycles. The molecule has 0 aliphatic rings. The number of nitrogens with one attached hydrogen (secondary N) is 1. The zero-order valence-electron chi connectivity index (χ0n) is 13.4. The van der Waals surface area contributed by atoms with E-state index >= 15 is 0 Å². The zero-order chi connectivity index (χ0) is 16.1. The first-order valence-corrected chi connectivity index (χ1v) is 7.46. The summed E-state index contributed by atoms with van der Waals surface area (Å²) in [6, 6.07) is 9.11. The van der Waals surface area contributed by atoms with Gasteiger partial charge in [-0.15, -0.1) is 0 Å². The minimum atomic E-state index is -1.21. The van der Waals surface area contributed by atoms with Gasteiger partial charge in [-0.05, 0) is 25.3 Å². The average Bonchev–Trinajstić information content (AvgIpc) is 2.45. The monoisotopic (exact) mass is 293 g/mol. The van der Waals surface area contributed by atoms with E-state index in [2.05, 4.69) is 5.32 Å². The largest absolute Gasteiger partial charge is 0.388 e. The van der Waals surface area contributed by atoms with Crippen LogP contribution in [0.1, 0.15) is 46.1 Å². The van der Waals surface area contributed by atoms with Gasteiger partial charge < -0.3 is 15.5 Å². The van der Waals surface area contributed by atoms with Crippen molar-refractivity contribution in [3.63, 3.8) is 0 Å². The first-order valence-electron chi connectivity index (χ1n) is 7.46. The standard InChI is InChI=1S/C17H27NO3/c1-5-13(2)17(4,21)12-18-15(19)11-16(3,20)14-9-7-6-8-10-14/h6-10,13,20-21H,5,11-12H2,1-4H3,(H,18,19). The van der Waals surface area contributed by atoms with Crippen molar-refractivity contribution in [2.75, 3.05) is 6.54 Å². The molecule has 0 spiro atoms. The van der Waals surface area contributed by atoms with Crippen molar-refractivity contribution in [2.24, 2.45) is 5.92 Å². The van der Waals surface area contributed by atoms with Gasteiger partial charge in [0.15, 0.2) is 0 Å². The highest BCUT2D eigenvalue weighted by molar-refractivity contribution is 5.77. The van der Waals surface area contributed by atoms with E-state index < -0.39 is 11.2 Å². The van der Waals surface area contributed by atoms with E-state index in [1.807, 2.05) is 32.0 Å². The van der Waals surface area contributed by atoms with Gasteiger partial charge in [-0.3, -0.25) is 4.79 Å². The molecule has 0 saturated heterocycles. The predicted molar refractivity (Wildman–Crippen MR) is 83.7 cm³/mol. The molecular weight excluding hydrogens is 266 g/mol. The summed E-state index contributed by atoms with van der Waals surface area (Å²) in [5.74, 6) is -0.181. The normalized spacial score (nSPS) is 18.4. The number of hydrogen-bond donors (Lipinski definition) is 3. The molecule has 1 rings (SSSR count). The van der Waals surface area contributed by atoms with Gasteiger partial charge in [0.25, 0.3) is 0 Å². The van der Waals surface area contributed by atoms with Crippen LogP contribution in [0.3, 0.4) is 0 Å². The van der Waals surface area contributed by atoms with Crippen LogP contribution in [0, 0.1) is 5.92 Å². The second-order valence-corrected chi connectivity index (χ2v) is 6.26. The molecule has 0 saturated carbocycles. The van der Waals surface area contributed by atoms with E-state index in [1.54, 1.807) is 26.0 Å². The number of amides is 1. The molecule has 0 fully saturated rings. The summed E-state index contributed by atoms with van der Waals surface area (Å²) >= 11 is 0. The Kier molecular flexibility index (Phi) is 5.93. The fraction of sp³-hybridized carbons (Fsp3) is 0.588. The average molecular weight is 293 g/mol. The van der Waals surface area contributed by atoms with Gasteiger partial charge in [0, 0.05) is 6.54 Å². The fourth-order valence-electron chi connectivity index (χ4n) is 2.17. The van der Waals surface area contributed by atoms with Gasteiger partial charge in [-0.2, -0.15) is 0 Å². The Bertz CT molecular complexity index is 454. The molecule has 1 aromatic carbocycles. The summed E-state index contributed by atoms with van der Waals surface area (Å²) in [6.45, 7) is 7.48. The Morgan fingerprint density at radius 2 is 1.81 bits per heavy atom. The highest BCUT2D eigenvalue weighted by atomic mass is 16.3. The molecule has 21 heavy (non-hydrogen) atoms. The van der Waals surface area contributed by atoms with Gasteiger partial charge in [-0.25, -0.2) is 0 Å². The molecular formula is C17H27NO3. The van der Waals surface area contributed by atoms with Crippen LogP contribution in [-0.2, 0) is 10.4 Å². The maximum atomic E-state index is 12.0. The van der Waals surface area contributed by atoms with E-state index in [0.29, 0.717) is 5.56 Å². The summed E-state index contributed by atoms with van der Waals surface area (Å²) in [4.78, 5) is 12.0. The van der Waals surface area contributed by atoms with Crippen molar-refractivity contribution in [1.29, 1.82) is 0 Å². The zero-order valence-corrected chi connectivity index (χ0v) is 13.4. The van der Waals surface area contributed by atoms with Gasteiger partial charge in [0.05, 0.1) is 17.6 Å². The predicted octanol–water partition coefficient (Wildman–Crippen LogP) is 2.20. The highest BCUT2D eigenvalue weighted by Crippen LogP contribution is 2.24. The van der Waals surface area contributed by atoms with Gasteiger partial charge in [-0.1, -0.05) is 50.6 Å². The number of hydrogen-bond acceptors (Lipinski definition) is 3. The number of carbonyl (C=O) groups is 1. The lowest BCUT2D eigenvalue weighted by Crippen LogP contribution is -2.46. The van der Waals surface area contributed by atoms with E-state index in [9.17, 15) is 15.0 Å². The quantitative estimate of drug-likeness (QED) is 0.722. The molecule has 4 nitrogen and oxygen atoms in total. The lowest BCUT2D eigenvalue weighted by molar-refractivity contribution is -0.127. The Morgan fingerprint density at radius 3 is 2.33 bits per heavy atom. The number of benzene rings is 1. The van der Waals surface area contributed by atoms with Crippen LogP contribution in [-0.4, -0.2) is 28.3 Å². The lowest BCUT2D eigenvalue weighted by Gasteiger charge is -2.30. The van der Waals surface area contributed by atoms with E-state index in [-0.39, 0.29) is 24.8 Å². The first kappa shape index (κ1) is 17.7. The van der Waals surface area contributed by atoms with Crippen molar-refractivity contribution in [3.8, 4) is 0 Å². The van der Waals surface area contributed by atoms with Crippen molar-refractivity contribution < 1.29 is 15.0 Å². The smallest absolute Gasteiger partial charge is 0.223 e. The number of aliphatic hydroxyl groups is 2.